The van der Waals surface area contributed by atoms with Crippen molar-refractivity contribution in [1.29, 1.82) is 0 Å². The second-order valence-electron chi connectivity index (χ2n) is 2.32. The van der Waals surface area contributed by atoms with Crippen LogP contribution in [0, 0.1) is 0 Å². The van der Waals surface area contributed by atoms with Gasteiger partial charge in [0.25, 0.3) is 0 Å². The zero-order valence-electron chi connectivity index (χ0n) is 4.74. The van der Waals surface area contributed by atoms with Gasteiger partial charge in [0.2, 0.25) is 0 Å². The van der Waals surface area contributed by atoms with Gasteiger partial charge in [0, 0.05) is 10.2 Å². The highest BCUT2D eigenvalue weighted by atomic mass is 79.9. The second kappa shape index (κ2) is 3.07. The fourth-order valence-electron chi connectivity index (χ4n) is 1.04. The van der Waals surface area contributed by atoms with Crippen molar-refractivity contribution in [2.75, 3.05) is 0 Å². The van der Waals surface area contributed by atoms with Crippen LogP contribution in [-0.2, 0) is 0 Å². The van der Waals surface area contributed by atoms with Crippen LogP contribution >= 0.6 is 27.5 Å². The Hall–Kier alpha value is 0.770. The van der Waals surface area contributed by atoms with E-state index in [2.05, 4.69) is 15.9 Å². The van der Waals surface area contributed by atoms with Gasteiger partial charge in [0.05, 0.1) is 0 Å². The van der Waals surface area contributed by atoms with Crippen LogP contribution in [0.25, 0.3) is 0 Å². The molecule has 0 unspecified atom stereocenters. The van der Waals surface area contributed by atoms with Crippen LogP contribution in [0.15, 0.2) is 0 Å². The highest BCUT2D eigenvalue weighted by Gasteiger charge is 2.19. The molecule has 0 aromatic heterocycles. The van der Waals surface area contributed by atoms with E-state index in [1.165, 1.54) is 25.7 Å². The smallest absolute Gasteiger partial charge is 0.0461 e. The van der Waals surface area contributed by atoms with E-state index in [9.17, 15) is 0 Å². The summed E-state index contributed by atoms with van der Waals surface area (Å²) in [6.07, 6.45) is 5.11. The first-order valence-electron chi connectivity index (χ1n) is 3.09. The monoisotopic (exact) mass is 196 g/mol. The molecule has 0 nitrogen and oxygen atoms in total. The minimum absolute atomic E-state index is 0.392. The summed E-state index contributed by atoms with van der Waals surface area (Å²) < 4.78 is 0. The lowest BCUT2D eigenvalue weighted by atomic mass is 10.0. The van der Waals surface area contributed by atoms with Gasteiger partial charge in [0.1, 0.15) is 0 Å². The lowest BCUT2D eigenvalue weighted by Crippen LogP contribution is -2.18. The van der Waals surface area contributed by atoms with Crippen LogP contribution in [0.5, 0.6) is 0 Å². The van der Waals surface area contributed by atoms with Crippen LogP contribution < -0.4 is 0 Å². The van der Waals surface area contributed by atoms with Gasteiger partial charge < -0.3 is 0 Å². The average molecular weight is 198 g/mol. The molecule has 1 rings (SSSR count). The first-order chi connectivity index (χ1) is 3.80. The summed E-state index contributed by atoms with van der Waals surface area (Å²) >= 11 is 9.44. The predicted molar refractivity (Wildman–Crippen MR) is 40.8 cm³/mol. The van der Waals surface area contributed by atoms with E-state index in [4.69, 9.17) is 11.6 Å². The number of halogens is 2. The van der Waals surface area contributed by atoms with Crippen molar-refractivity contribution < 1.29 is 0 Å². The van der Waals surface area contributed by atoms with Gasteiger partial charge >= 0.3 is 0 Å². The summed E-state index contributed by atoms with van der Waals surface area (Å²) in [5.74, 6) is 0. The lowest BCUT2D eigenvalue weighted by molar-refractivity contribution is 0.528. The Kier molecular flexibility index (Phi) is 2.64. The summed E-state index contributed by atoms with van der Waals surface area (Å²) in [5, 5.41) is 0.392. The standard InChI is InChI=1S/C6H10BrCl/c7-5-3-1-2-4-6(5)8/h5-6H,1-4H2/t5-,6-/m1/s1. The van der Waals surface area contributed by atoms with Crippen molar-refractivity contribution in [1.82, 2.24) is 0 Å². The molecule has 8 heavy (non-hydrogen) atoms. The van der Waals surface area contributed by atoms with E-state index in [-0.39, 0.29) is 0 Å². The molecule has 2 atom stereocenters. The maximum absolute atomic E-state index is 5.92. The summed E-state index contributed by atoms with van der Waals surface area (Å²) in [4.78, 5) is 0.581. The largest absolute Gasteiger partial charge is 0.122 e. The van der Waals surface area contributed by atoms with Crippen molar-refractivity contribution >= 4 is 27.5 Å². The Morgan fingerprint density at radius 3 is 2.25 bits per heavy atom. The molecule has 0 heterocycles. The molecular weight excluding hydrogens is 187 g/mol. The minimum Gasteiger partial charge on any atom is -0.122 e. The number of alkyl halides is 2. The van der Waals surface area contributed by atoms with Crippen LogP contribution in [0.2, 0.25) is 0 Å². The van der Waals surface area contributed by atoms with Gasteiger partial charge in [-0.25, -0.2) is 0 Å². The topological polar surface area (TPSA) is 0 Å². The maximum atomic E-state index is 5.92. The van der Waals surface area contributed by atoms with Crippen molar-refractivity contribution in [2.24, 2.45) is 0 Å². The molecule has 0 amide bonds. The zero-order valence-corrected chi connectivity index (χ0v) is 7.08. The number of hydrogen-bond acceptors (Lipinski definition) is 0. The first kappa shape index (κ1) is 6.88. The average Bonchev–Trinajstić information content (AvgIpc) is 1.77. The van der Waals surface area contributed by atoms with Crippen LogP contribution in [-0.4, -0.2) is 10.2 Å². The molecule has 0 aromatic rings. The van der Waals surface area contributed by atoms with Crippen LogP contribution in [0.3, 0.4) is 0 Å². The summed E-state index contributed by atoms with van der Waals surface area (Å²) in [7, 11) is 0. The molecule has 0 aliphatic heterocycles. The zero-order chi connectivity index (χ0) is 5.98. The molecular formula is C6H10BrCl. The molecule has 1 fully saturated rings. The Morgan fingerprint density at radius 1 is 1.25 bits per heavy atom. The Bertz CT molecular complexity index is 64.9. The number of hydrogen-bond donors (Lipinski definition) is 0. The van der Waals surface area contributed by atoms with E-state index in [0.717, 1.165) is 0 Å². The molecule has 0 N–H and O–H groups in total. The van der Waals surface area contributed by atoms with E-state index in [0.29, 0.717) is 10.2 Å². The van der Waals surface area contributed by atoms with Crippen molar-refractivity contribution in [3.63, 3.8) is 0 Å². The van der Waals surface area contributed by atoms with E-state index in [1.807, 2.05) is 0 Å². The van der Waals surface area contributed by atoms with Crippen molar-refractivity contribution in [3.8, 4) is 0 Å². The van der Waals surface area contributed by atoms with Gasteiger partial charge in [-0.3, -0.25) is 0 Å². The Balaban J connectivity index is 2.28. The van der Waals surface area contributed by atoms with E-state index < -0.39 is 0 Å². The third-order valence-electron chi connectivity index (χ3n) is 1.60. The quantitative estimate of drug-likeness (QED) is 0.524. The third-order valence-corrected chi connectivity index (χ3v) is 3.53. The van der Waals surface area contributed by atoms with Crippen molar-refractivity contribution in [3.05, 3.63) is 0 Å². The molecule has 1 aliphatic carbocycles. The SMILES string of the molecule is Cl[C@@H]1CCCC[C@H]1Br. The minimum atomic E-state index is 0.392. The van der Waals surface area contributed by atoms with Gasteiger partial charge in [-0.2, -0.15) is 0 Å². The van der Waals surface area contributed by atoms with Gasteiger partial charge in [0.15, 0.2) is 0 Å². The molecule has 0 radical (unpaired) electrons. The van der Waals surface area contributed by atoms with Crippen molar-refractivity contribution in [2.45, 2.75) is 35.9 Å². The molecule has 48 valence electrons. The Morgan fingerprint density at radius 2 is 1.88 bits per heavy atom. The van der Waals surface area contributed by atoms with Crippen LogP contribution in [0.1, 0.15) is 25.7 Å². The molecule has 1 saturated carbocycles. The highest BCUT2D eigenvalue weighted by molar-refractivity contribution is 9.09. The first-order valence-corrected chi connectivity index (χ1v) is 4.44. The molecule has 0 spiro atoms. The normalized spacial score (nSPS) is 39.8. The Labute approximate surface area is 63.7 Å². The molecule has 0 aromatic carbocycles. The summed E-state index contributed by atoms with van der Waals surface area (Å²) in [6.45, 7) is 0. The maximum Gasteiger partial charge on any atom is 0.0461 e. The highest BCUT2D eigenvalue weighted by Crippen LogP contribution is 2.27. The third kappa shape index (κ3) is 1.63. The fourth-order valence-corrected chi connectivity index (χ4v) is 1.91. The molecule has 0 saturated heterocycles. The molecule has 2 heteroatoms. The van der Waals surface area contributed by atoms with Gasteiger partial charge in [-0.15, -0.1) is 11.6 Å². The van der Waals surface area contributed by atoms with E-state index >= 15 is 0 Å². The summed E-state index contributed by atoms with van der Waals surface area (Å²) in [6, 6.07) is 0. The summed E-state index contributed by atoms with van der Waals surface area (Å²) in [5.41, 5.74) is 0. The molecule has 1 aliphatic rings. The van der Waals surface area contributed by atoms with Crippen LogP contribution in [0.4, 0.5) is 0 Å². The van der Waals surface area contributed by atoms with Gasteiger partial charge in [-0.1, -0.05) is 28.8 Å². The van der Waals surface area contributed by atoms with E-state index in [1.54, 1.807) is 0 Å². The fraction of sp³-hybridized carbons (Fsp3) is 1.00. The number of rotatable bonds is 0. The second-order valence-corrected chi connectivity index (χ2v) is 4.05. The lowest BCUT2D eigenvalue weighted by Gasteiger charge is -2.20. The molecule has 0 bridgehead atoms. The van der Waals surface area contributed by atoms with Gasteiger partial charge in [-0.05, 0) is 12.8 Å². The predicted octanol–water partition coefficient (Wildman–Crippen LogP) is 2.93.